The molecule has 0 bridgehead atoms. The molecule has 0 aliphatic heterocycles. The number of hydrogen-bond acceptors (Lipinski definition) is 3. The number of fused-ring (bicyclic) bond motifs is 1. The first-order valence-corrected chi connectivity index (χ1v) is 9.04. The molecule has 0 amide bonds. The number of aryl methyl sites for hydroxylation is 1. The van der Waals surface area contributed by atoms with E-state index in [1.165, 1.54) is 17.7 Å². The van der Waals surface area contributed by atoms with Crippen LogP contribution in [0, 0.1) is 17.1 Å². The molecule has 0 aliphatic rings. The van der Waals surface area contributed by atoms with Gasteiger partial charge in [-0.2, -0.15) is 5.26 Å². The Morgan fingerprint density at radius 2 is 2.00 bits per heavy atom. The van der Waals surface area contributed by atoms with Crippen molar-refractivity contribution in [1.29, 1.82) is 5.26 Å². The molecule has 3 aromatic rings. The number of carbonyl (C=O) groups excluding carboxylic acids is 1. The van der Waals surface area contributed by atoms with Gasteiger partial charge in [0.2, 0.25) is 0 Å². The number of carbonyl (C=O) groups is 1. The van der Waals surface area contributed by atoms with Crippen LogP contribution >= 0.6 is 11.6 Å². The van der Waals surface area contributed by atoms with E-state index < -0.39 is 11.8 Å². The van der Waals surface area contributed by atoms with Crippen molar-refractivity contribution in [2.75, 3.05) is 0 Å². The Hall–Kier alpha value is -2.90. The Bertz CT molecular complexity index is 1060. The lowest BCUT2D eigenvalue weighted by molar-refractivity contribution is 0.0734. The molecule has 3 aromatic carbocycles. The second-order valence-corrected chi connectivity index (χ2v) is 6.61. The summed E-state index contributed by atoms with van der Waals surface area (Å²) < 4.78 is 18.9. The van der Waals surface area contributed by atoms with E-state index in [2.05, 4.69) is 13.0 Å². The summed E-state index contributed by atoms with van der Waals surface area (Å²) in [5.41, 5.74) is 1.32. The quantitative estimate of drug-likeness (QED) is 0.398. The molecule has 0 heterocycles. The molecule has 5 heteroatoms. The number of ether oxygens (including phenoxy) is 1. The Kier molecular flexibility index (Phi) is 5.73. The number of halogens is 2. The Morgan fingerprint density at radius 1 is 1.19 bits per heavy atom. The summed E-state index contributed by atoms with van der Waals surface area (Å²) in [5.74, 6) is -1.41. The van der Waals surface area contributed by atoms with Crippen molar-refractivity contribution in [3.63, 3.8) is 0 Å². The molecule has 3 nitrogen and oxygen atoms in total. The molecular weight excluding hydrogens is 365 g/mol. The highest BCUT2D eigenvalue weighted by Crippen LogP contribution is 2.29. The van der Waals surface area contributed by atoms with Crippen molar-refractivity contribution < 1.29 is 13.9 Å². The van der Waals surface area contributed by atoms with Crippen LogP contribution in [0.15, 0.2) is 48.5 Å². The maximum absolute atomic E-state index is 13.7. The Morgan fingerprint density at radius 3 is 2.70 bits per heavy atom. The molecule has 0 unspecified atom stereocenters. The van der Waals surface area contributed by atoms with Crippen LogP contribution in [-0.2, 0) is 6.42 Å². The zero-order chi connectivity index (χ0) is 19.4. The number of rotatable bonds is 5. The van der Waals surface area contributed by atoms with Gasteiger partial charge in [0.25, 0.3) is 0 Å². The van der Waals surface area contributed by atoms with Crippen LogP contribution < -0.4 is 4.74 Å². The molecule has 136 valence electrons. The number of hydrogen-bond donors (Lipinski definition) is 0. The monoisotopic (exact) mass is 381 g/mol. The van der Waals surface area contributed by atoms with Crippen molar-refractivity contribution in [3.8, 4) is 11.8 Å². The van der Waals surface area contributed by atoms with Crippen molar-refractivity contribution in [2.45, 2.75) is 26.2 Å². The van der Waals surface area contributed by atoms with Crippen molar-refractivity contribution in [1.82, 2.24) is 0 Å². The molecule has 3 rings (SSSR count). The van der Waals surface area contributed by atoms with E-state index in [-0.39, 0.29) is 16.9 Å². The number of nitriles is 1. The molecule has 0 spiro atoms. The molecule has 0 saturated heterocycles. The fourth-order valence-corrected chi connectivity index (χ4v) is 3.16. The zero-order valence-corrected chi connectivity index (χ0v) is 15.5. The van der Waals surface area contributed by atoms with Crippen LogP contribution in [-0.4, -0.2) is 5.97 Å². The van der Waals surface area contributed by atoms with Gasteiger partial charge in [0.05, 0.1) is 16.1 Å². The lowest BCUT2D eigenvalue weighted by Gasteiger charge is -2.10. The predicted octanol–water partition coefficient (Wildman–Crippen LogP) is 6.07. The lowest BCUT2D eigenvalue weighted by Crippen LogP contribution is -2.09. The van der Waals surface area contributed by atoms with E-state index in [9.17, 15) is 9.18 Å². The molecule has 27 heavy (non-hydrogen) atoms. The van der Waals surface area contributed by atoms with E-state index in [1.807, 2.05) is 18.2 Å². The zero-order valence-electron chi connectivity index (χ0n) is 14.8. The van der Waals surface area contributed by atoms with Gasteiger partial charge in [-0.05, 0) is 42.0 Å². The first-order valence-electron chi connectivity index (χ1n) is 8.66. The molecular formula is C22H17ClFNO2. The topological polar surface area (TPSA) is 50.1 Å². The molecule has 0 aromatic heterocycles. The fourth-order valence-electron chi connectivity index (χ4n) is 2.85. The van der Waals surface area contributed by atoms with Crippen LogP contribution in [0.3, 0.4) is 0 Å². The van der Waals surface area contributed by atoms with Crippen molar-refractivity contribution in [2.24, 2.45) is 0 Å². The number of nitrogens with zero attached hydrogens (tertiary/aromatic N) is 1. The van der Waals surface area contributed by atoms with E-state index in [1.54, 1.807) is 12.1 Å². The van der Waals surface area contributed by atoms with Gasteiger partial charge < -0.3 is 4.74 Å². The van der Waals surface area contributed by atoms with Crippen LogP contribution in [0.4, 0.5) is 4.39 Å². The summed E-state index contributed by atoms with van der Waals surface area (Å²) >= 11 is 6.42. The summed E-state index contributed by atoms with van der Waals surface area (Å²) in [7, 11) is 0. The van der Waals surface area contributed by atoms with Gasteiger partial charge in [0.15, 0.2) is 0 Å². The van der Waals surface area contributed by atoms with E-state index in [0.29, 0.717) is 5.02 Å². The Labute approximate surface area is 161 Å². The number of benzene rings is 3. The molecule has 0 aliphatic carbocycles. The van der Waals surface area contributed by atoms with Gasteiger partial charge >= 0.3 is 5.97 Å². The standard InChI is InChI=1S/C22H17ClFNO2/c1-2-3-4-14-5-9-18-15(11-14)7-10-19(21(18)23)22(26)27-17-8-6-16(13-25)20(24)12-17/h5-12H,2-4H2,1H3. The van der Waals surface area contributed by atoms with Gasteiger partial charge in [0.1, 0.15) is 17.6 Å². The molecule has 0 N–H and O–H groups in total. The third kappa shape index (κ3) is 4.10. The van der Waals surface area contributed by atoms with E-state index in [0.717, 1.165) is 36.1 Å². The fraction of sp³-hybridized carbons (Fsp3) is 0.182. The average molecular weight is 382 g/mol. The largest absolute Gasteiger partial charge is 0.423 e. The minimum Gasteiger partial charge on any atom is -0.423 e. The number of unbranched alkanes of at least 4 members (excludes halogenated alkanes) is 1. The lowest BCUT2D eigenvalue weighted by atomic mass is 10.0. The summed E-state index contributed by atoms with van der Waals surface area (Å²) in [6.07, 6.45) is 3.24. The van der Waals surface area contributed by atoms with Gasteiger partial charge in [0, 0.05) is 11.5 Å². The average Bonchev–Trinajstić information content (AvgIpc) is 2.66. The highest BCUT2D eigenvalue weighted by molar-refractivity contribution is 6.38. The van der Waals surface area contributed by atoms with E-state index >= 15 is 0 Å². The highest BCUT2D eigenvalue weighted by atomic mass is 35.5. The maximum atomic E-state index is 13.7. The SMILES string of the molecule is CCCCc1ccc2c(Cl)c(C(=O)Oc3ccc(C#N)c(F)c3)ccc2c1. The van der Waals surface area contributed by atoms with Crippen molar-refractivity contribution in [3.05, 3.63) is 76.1 Å². The second-order valence-electron chi connectivity index (χ2n) is 6.23. The van der Waals surface area contributed by atoms with Crippen LogP contribution in [0.1, 0.15) is 41.3 Å². The third-order valence-electron chi connectivity index (χ3n) is 4.33. The molecule has 0 saturated carbocycles. The third-order valence-corrected chi connectivity index (χ3v) is 4.74. The molecule has 0 radical (unpaired) electrons. The molecule has 0 atom stereocenters. The maximum Gasteiger partial charge on any atom is 0.345 e. The van der Waals surface area contributed by atoms with E-state index in [4.69, 9.17) is 21.6 Å². The normalized spacial score (nSPS) is 10.6. The summed E-state index contributed by atoms with van der Waals surface area (Å²) in [6.45, 7) is 2.15. The van der Waals surface area contributed by atoms with Gasteiger partial charge in [-0.15, -0.1) is 0 Å². The van der Waals surface area contributed by atoms with Crippen LogP contribution in [0.5, 0.6) is 5.75 Å². The van der Waals surface area contributed by atoms with Gasteiger partial charge in [-0.1, -0.05) is 49.2 Å². The van der Waals surface area contributed by atoms with Gasteiger partial charge in [-0.3, -0.25) is 0 Å². The predicted molar refractivity (Wildman–Crippen MR) is 104 cm³/mol. The first-order chi connectivity index (χ1) is 13.0. The highest BCUT2D eigenvalue weighted by Gasteiger charge is 2.16. The van der Waals surface area contributed by atoms with Crippen molar-refractivity contribution >= 4 is 28.3 Å². The van der Waals surface area contributed by atoms with Crippen LogP contribution in [0.25, 0.3) is 10.8 Å². The number of esters is 1. The molecule has 0 fully saturated rings. The second kappa shape index (κ2) is 8.20. The summed E-state index contributed by atoms with van der Waals surface area (Å²) in [6, 6.07) is 14.8. The smallest absolute Gasteiger partial charge is 0.345 e. The van der Waals surface area contributed by atoms with Crippen LogP contribution in [0.2, 0.25) is 5.02 Å². The Balaban J connectivity index is 1.87. The van der Waals surface area contributed by atoms with Gasteiger partial charge in [-0.25, -0.2) is 9.18 Å². The first kappa shape index (κ1) is 18.9. The minimum absolute atomic E-state index is 0.0163. The summed E-state index contributed by atoms with van der Waals surface area (Å²) in [5, 5.41) is 10.8. The minimum atomic E-state index is -0.744. The summed E-state index contributed by atoms with van der Waals surface area (Å²) in [4.78, 5) is 12.5.